The molecule has 114 valence electrons. The minimum Gasteiger partial charge on any atom is -0.467 e. The molecule has 1 aliphatic rings. The molecule has 0 aromatic heterocycles. The fraction of sp³-hybridized carbons (Fsp3) is 0.714. The molecule has 1 rings (SSSR count). The van der Waals surface area contributed by atoms with Crippen LogP contribution >= 0.6 is 0 Å². The highest BCUT2D eigenvalue weighted by Gasteiger charge is 2.48. The molecule has 0 heterocycles. The van der Waals surface area contributed by atoms with Gasteiger partial charge in [-0.25, -0.2) is 9.59 Å². The van der Waals surface area contributed by atoms with Crippen LogP contribution in [0, 0.1) is 0 Å². The van der Waals surface area contributed by atoms with E-state index < -0.39 is 25.7 Å². The second-order valence-electron chi connectivity index (χ2n) is 6.13. The molecule has 1 unspecified atom stereocenters. The number of rotatable bonds is 4. The summed E-state index contributed by atoms with van der Waals surface area (Å²) >= 11 is 0. The molecule has 0 aromatic rings. The maximum absolute atomic E-state index is 12.3. The molecule has 1 saturated carbocycles. The van der Waals surface area contributed by atoms with Crippen molar-refractivity contribution in [2.45, 2.75) is 51.4 Å². The lowest BCUT2D eigenvalue weighted by molar-refractivity contribution is -0.146. The number of ether oxygens (including phenoxy) is 2. The van der Waals surface area contributed by atoms with Gasteiger partial charge < -0.3 is 14.8 Å². The highest BCUT2D eigenvalue weighted by Crippen LogP contribution is 2.37. The van der Waals surface area contributed by atoms with Gasteiger partial charge in [0.05, 0.1) is 21.8 Å². The second kappa shape index (κ2) is 6.43. The van der Waals surface area contributed by atoms with Gasteiger partial charge in [-0.05, 0) is 31.8 Å². The Morgan fingerprint density at radius 2 is 2.05 bits per heavy atom. The largest absolute Gasteiger partial charge is 0.467 e. The molecule has 0 saturated heterocycles. The molecule has 0 spiro atoms. The number of amides is 1. The van der Waals surface area contributed by atoms with Crippen molar-refractivity contribution in [1.82, 2.24) is 5.32 Å². The lowest BCUT2D eigenvalue weighted by atomic mass is 9.94. The molecule has 20 heavy (non-hydrogen) atoms. The van der Waals surface area contributed by atoms with Crippen LogP contribution in [-0.4, -0.2) is 39.4 Å². The lowest BCUT2D eigenvalue weighted by Gasteiger charge is -2.30. The Balaban J connectivity index is 3.13. The first-order valence-corrected chi connectivity index (χ1v) is 10.6. The van der Waals surface area contributed by atoms with E-state index in [1.807, 2.05) is 0 Å². The first kappa shape index (κ1) is 16.8. The first-order chi connectivity index (χ1) is 9.25. The van der Waals surface area contributed by atoms with E-state index in [1.165, 1.54) is 7.11 Å². The van der Waals surface area contributed by atoms with Crippen LogP contribution in [0.2, 0.25) is 19.6 Å². The zero-order valence-corrected chi connectivity index (χ0v) is 14.0. The van der Waals surface area contributed by atoms with E-state index in [0.717, 1.165) is 18.4 Å². The Labute approximate surface area is 121 Å². The number of hydrogen-bond acceptors (Lipinski definition) is 4. The average Bonchev–Trinajstić information content (AvgIpc) is 2.70. The molecule has 1 fully saturated rings. The second-order valence-corrected chi connectivity index (χ2v) is 11.2. The molecule has 1 atom stereocenters. The molecule has 0 aliphatic heterocycles. The van der Waals surface area contributed by atoms with Crippen LogP contribution in [0.15, 0.2) is 11.3 Å². The summed E-state index contributed by atoms with van der Waals surface area (Å²) in [7, 11) is -0.153. The van der Waals surface area contributed by atoms with E-state index in [4.69, 9.17) is 9.47 Å². The van der Waals surface area contributed by atoms with Crippen molar-refractivity contribution in [1.29, 1.82) is 0 Å². The van der Waals surface area contributed by atoms with Gasteiger partial charge in [-0.15, -0.1) is 0 Å². The van der Waals surface area contributed by atoms with E-state index in [-0.39, 0.29) is 6.61 Å². The number of alkyl carbamates (subject to hydrolysis) is 1. The topological polar surface area (TPSA) is 64.6 Å². The number of methoxy groups -OCH3 is 1. The highest BCUT2D eigenvalue weighted by atomic mass is 28.3. The smallest absolute Gasteiger partial charge is 0.408 e. The quantitative estimate of drug-likeness (QED) is 0.640. The van der Waals surface area contributed by atoms with Crippen LogP contribution in [0.5, 0.6) is 0 Å². The Morgan fingerprint density at radius 3 is 2.55 bits per heavy atom. The Bertz CT molecular complexity index is 414. The molecule has 1 N–H and O–H groups in total. The predicted molar refractivity (Wildman–Crippen MR) is 80.2 cm³/mol. The molecular formula is C14H25NO4Si. The summed E-state index contributed by atoms with van der Waals surface area (Å²) in [6, 6.07) is 0. The summed E-state index contributed by atoms with van der Waals surface area (Å²) in [4.78, 5) is 24.0. The molecule has 0 bridgehead atoms. The molecule has 1 aliphatic carbocycles. The van der Waals surface area contributed by atoms with Gasteiger partial charge in [0.25, 0.3) is 0 Å². The van der Waals surface area contributed by atoms with Gasteiger partial charge in [0.1, 0.15) is 0 Å². The number of carbonyl (C=O) groups excluding carboxylic acids is 2. The van der Waals surface area contributed by atoms with Gasteiger partial charge in [-0.3, -0.25) is 0 Å². The Kier molecular flexibility index (Phi) is 5.39. The van der Waals surface area contributed by atoms with E-state index in [0.29, 0.717) is 6.42 Å². The number of carbonyl (C=O) groups is 2. The van der Waals surface area contributed by atoms with Gasteiger partial charge in [0.2, 0.25) is 0 Å². The van der Waals surface area contributed by atoms with E-state index in [2.05, 4.69) is 30.7 Å². The van der Waals surface area contributed by atoms with E-state index in [9.17, 15) is 9.59 Å². The van der Waals surface area contributed by atoms with Crippen molar-refractivity contribution in [2.75, 3.05) is 13.7 Å². The van der Waals surface area contributed by atoms with Gasteiger partial charge in [-0.2, -0.15) is 0 Å². The average molecular weight is 299 g/mol. The third-order valence-electron chi connectivity index (χ3n) is 3.28. The summed E-state index contributed by atoms with van der Waals surface area (Å²) in [5.74, 6) is -0.410. The summed E-state index contributed by atoms with van der Waals surface area (Å²) in [5.41, 5.74) is 2.11. The minimum absolute atomic E-state index is 0.274. The Morgan fingerprint density at radius 1 is 1.40 bits per heavy atom. The van der Waals surface area contributed by atoms with Crippen molar-refractivity contribution in [2.24, 2.45) is 0 Å². The van der Waals surface area contributed by atoms with Crippen molar-refractivity contribution in [3.63, 3.8) is 0 Å². The fourth-order valence-corrected chi connectivity index (χ4v) is 4.01. The molecule has 0 radical (unpaired) electrons. The van der Waals surface area contributed by atoms with Crippen LogP contribution in [0.1, 0.15) is 26.2 Å². The number of hydrogen-bond donors (Lipinski definition) is 1. The first-order valence-electron chi connectivity index (χ1n) is 7.00. The minimum atomic E-state index is -1.50. The maximum Gasteiger partial charge on any atom is 0.408 e. The number of esters is 1. The van der Waals surface area contributed by atoms with Crippen molar-refractivity contribution < 1.29 is 19.1 Å². The highest BCUT2D eigenvalue weighted by molar-refractivity contribution is 6.81. The SMILES string of the molecule is CCOC(=O)NC1(C(=O)OC)CCC/C1=C\[Si](C)(C)C. The summed E-state index contributed by atoms with van der Waals surface area (Å²) < 4.78 is 9.85. The standard InChI is InChI=1S/C14H25NO4Si/c1-6-19-13(17)15-14(12(16)18-2)9-7-8-11(14)10-20(3,4)5/h10H,6-9H2,1-5H3,(H,15,17)/b11-10+. The predicted octanol–water partition coefficient (Wildman–Crippen LogP) is 2.63. The molecule has 6 heteroatoms. The van der Waals surface area contributed by atoms with Gasteiger partial charge in [0, 0.05) is 0 Å². The fourth-order valence-electron chi connectivity index (χ4n) is 2.58. The molecule has 0 aromatic carbocycles. The molecule has 5 nitrogen and oxygen atoms in total. The van der Waals surface area contributed by atoms with Gasteiger partial charge >= 0.3 is 12.1 Å². The van der Waals surface area contributed by atoms with Crippen LogP contribution in [0.4, 0.5) is 4.79 Å². The van der Waals surface area contributed by atoms with Crippen molar-refractivity contribution in [3.05, 3.63) is 11.3 Å². The van der Waals surface area contributed by atoms with Crippen molar-refractivity contribution >= 4 is 20.1 Å². The summed E-state index contributed by atoms with van der Waals surface area (Å²) in [6.07, 6.45) is 1.67. The zero-order chi connectivity index (χ0) is 15.4. The number of nitrogens with one attached hydrogen (secondary N) is 1. The van der Waals surface area contributed by atoms with Crippen LogP contribution in [0.25, 0.3) is 0 Å². The van der Waals surface area contributed by atoms with E-state index in [1.54, 1.807) is 6.92 Å². The monoisotopic (exact) mass is 299 g/mol. The van der Waals surface area contributed by atoms with E-state index >= 15 is 0 Å². The lowest BCUT2D eigenvalue weighted by Crippen LogP contribution is -2.55. The van der Waals surface area contributed by atoms with Gasteiger partial charge in [-0.1, -0.05) is 25.3 Å². The maximum atomic E-state index is 12.3. The molecular weight excluding hydrogens is 274 g/mol. The van der Waals surface area contributed by atoms with Crippen molar-refractivity contribution in [3.8, 4) is 0 Å². The normalized spacial score (nSPS) is 24.6. The third-order valence-corrected chi connectivity index (χ3v) is 4.49. The van der Waals surface area contributed by atoms with Crippen LogP contribution < -0.4 is 5.32 Å². The third kappa shape index (κ3) is 3.85. The molecule has 1 amide bonds. The zero-order valence-electron chi connectivity index (χ0n) is 13.0. The van der Waals surface area contributed by atoms with Gasteiger partial charge in [0.15, 0.2) is 5.54 Å². The summed E-state index contributed by atoms with van der Waals surface area (Å²) in [6.45, 7) is 8.61. The summed E-state index contributed by atoms with van der Waals surface area (Å²) in [5, 5.41) is 2.73. The van der Waals surface area contributed by atoms with Crippen LogP contribution in [-0.2, 0) is 14.3 Å². The van der Waals surface area contributed by atoms with Crippen LogP contribution in [0.3, 0.4) is 0 Å². The Hall–Kier alpha value is -1.30.